The Morgan fingerprint density at radius 1 is 0.402 bits per heavy atom. The molecule has 19 atom stereocenters. The maximum atomic E-state index is 14.3. The molecule has 0 unspecified atom stereocenters. The van der Waals surface area contributed by atoms with Crippen LogP contribution in [0.25, 0.3) is 10.4 Å². The molecule has 5 fully saturated rings. The molecular weight excluding hydrogens is 1290 g/mol. The van der Waals surface area contributed by atoms with Gasteiger partial charge in [-0.15, -0.1) is 0 Å². The van der Waals surface area contributed by atoms with Crippen LogP contribution in [0.5, 0.6) is 0 Å². The highest BCUT2D eigenvalue weighted by molar-refractivity contribution is 5.72. The maximum Gasteiger partial charge on any atom is 0.408 e. The van der Waals surface area contributed by atoms with Gasteiger partial charge in [-0.2, -0.15) is 0 Å². The Morgan fingerprint density at radius 2 is 0.784 bits per heavy atom. The van der Waals surface area contributed by atoms with Crippen LogP contribution in [0, 0.1) is 0 Å². The highest BCUT2D eigenvalue weighted by atomic mass is 16.8. The number of rotatable bonds is 20. The minimum atomic E-state index is -2.06. The number of hydrogen-bond donors (Lipinski definition) is 6. The topological polar surface area (TPSA) is 452 Å². The minimum Gasteiger partial charge on any atom is -0.463 e. The molecule has 0 spiro atoms. The molecule has 4 heterocycles. The van der Waals surface area contributed by atoms with Crippen molar-refractivity contribution in [3.05, 3.63) is 10.4 Å². The van der Waals surface area contributed by atoms with Gasteiger partial charge in [0.2, 0.25) is 0 Å². The molecule has 0 radical (unpaired) electrons. The van der Waals surface area contributed by atoms with Crippen LogP contribution in [0.1, 0.15) is 159 Å². The molecule has 97 heavy (non-hydrogen) atoms. The van der Waals surface area contributed by atoms with Crippen LogP contribution in [-0.2, 0) is 99.7 Å². The van der Waals surface area contributed by atoms with Crippen molar-refractivity contribution in [2.45, 2.75) is 309 Å². The summed E-state index contributed by atoms with van der Waals surface area (Å²) in [5.74, 6) is -3.80. The number of ether oxygens (including phenoxy) is 17. The second-order valence-electron chi connectivity index (χ2n) is 29.6. The lowest BCUT2D eigenvalue weighted by atomic mass is 9.81. The van der Waals surface area contributed by atoms with E-state index in [1.165, 1.54) is 0 Å². The first-order chi connectivity index (χ1) is 44.5. The Balaban J connectivity index is 1.79. The van der Waals surface area contributed by atoms with Crippen LogP contribution < -0.4 is 31.9 Å². The summed E-state index contributed by atoms with van der Waals surface area (Å²) in [7, 11) is 0. The van der Waals surface area contributed by atoms with Crippen molar-refractivity contribution < 1.29 is 128 Å². The van der Waals surface area contributed by atoms with Crippen LogP contribution >= 0.6 is 0 Å². The summed E-state index contributed by atoms with van der Waals surface area (Å²) < 4.78 is 103. The Kier molecular flexibility index (Phi) is 26.9. The normalized spacial score (nSPS) is 30.3. The zero-order valence-corrected chi connectivity index (χ0v) is 59.2. The minimum absolute atomic E-state index is 0.238. The van der Waals surface area contributed by atoms with Crippen LogP contribution in [0.2, 0.25) is 0 Å². The molecule has 6 amide bonds. The zero-order chi connectivity index (χ0) is 73.2. The maximum absolute atomic E-state index is 14.3. The lowest BCUT2D eigenvalue weighted by Gasteiger charge is -2.50. The number of hydrogen-bond acceptors (Lipinski definition) is 28. The molecule has 0 aromatic carbocycles. The summed E-state index contributed by atoms with van der Waals surface area (Å²) in [5, 5.41) is 20.0. The van der Waals surface area contributed by atoms with Crippen molar-refractivity contribution >= 4 is 60.4 Å². The summed E-state index contributed by atoms with van der Waals surface area (Å²) in [5.41, 5.74) is 3.75. The van der Waals surface area contributed by atoms with Gasteiger partial charge in [0.1, 0.15) is 101 Å². The van der Waals surface area contributed by atoms with Crippen LogP contribution in [0.3, 0.4) is 0 Å². The van der Waals surface area contributed by atoms with Gasteiger partial charge in [0.05, 0.1) is 24.7 Å². The molecule has 1 saturated carbocycles. The zero-order valence-electron chi connectivity index (χ0n) is 59.2. The molecule has 36 heteroatoms. The Morgan fingerprint density at radius 3 is 1.25 bits per heavy atom. The molecule has 0 aromatic heterocycles. The number of fused-ring (bicyclic) bond motifs is 1. The van der Waals surface area contributed by atoms with Crippen LogP contribution in [0.4, 0.5) is 28.8 Å². The molecule has 6 N–H and O–H groups in total. The average Bonchev–Trinajstić information content (AvgIpc) is 1.67. The van der Waals surface area contributed by atoms with E-state index in [0.29, 0.717) is 0 Å². The Labute approximate surface area is 563 Å². The molecule has 0 bridgehead atoms. The monoisotopic (exact) mass is 1390 g/mol. The van der Waals surface area contributed by atoms with Crippen molar-refractivity contribution in [1.82, 2.24) is 31.9 Å². The first-order valence-corrected chi connectivity index (χ1v) is 31.7. The number of azide groups is 1. The summed E-state index contributed by atoms with van der Waals surface area (Å²) in [6, 6.07) is -7.88. The molecule has 5 rings (SSSR count). The lowest BCUT2D eigenvalue weighted by molar-refractivity contribution is -0.306. The molecule has 5 aliphatic rings. The van der Waals surface area contributed by atoms with Crippen LogP contribution in [-0.4, -0.2) is 230 Å². The fraction of sp³-hybridized carbons (Fsp3) is 0.836. The first-order valence-electron chi connectivity index (χ1n) is 31.7. The van der Waals surface area contributed by atoms with Crippen molar-refractivity contribution in [2.24, 2.45) is 5.11 Å². The third-order valence-corrected chi connectivity index (χ3v) is 13.7. The SMILES string of the molecule is CC(=O)OC[C@H]1O[C@@H](O[C@@H]2[C@H](NC(=O)OC(C)(C)C)[C@@H](N=[N+]=[N-])C[C@H](NC(=O)OC(C)(C)C)[C@H]2O[C@H]2O[C@H](CNC(=O)OC(C)(C)C)[C@@H](OC(C)=O)[C@H](OC(C)=O)[C@H]2NC(=O)OC(C)(C)C)[C@H](OC(C)=O)[C@@H]1O[C@H]1O[C@@H](CNC(=O)OC(C)(C)C)[C@@H]2O[C@@H]2[C@H]1NC(=O)OC(C)(C)C. The van der Waals surface area contributed by atoms with E-state index in [9.17, 15) is 53.5 Å². The first kappa shape index (κ1) is 80.2. The fourth-order valence-corrected chi connectivity index (χ4v) is 10.5. The lowest BCUT2D eigenvalue weighted by Crippen LogP contribution is -2.71. The fourth-order valence-electron chi connectivity index (χ4n) is 10.5. The highest BCUT2D eigenvalue weighted by Crippen LogP contribution is 2.42. The summed E-state index contributed by atoms with van der Waals surface area (Å²) >= 11 is 0. The molecule has 550 valence electrons. The van der Waals surface area contributed by atoms with Crippen molar-refractivity contribution in [3.63, 3.8) is 0 Å². The van der Waals surface area contributed by atoms with Crippen molar-refractivity contribution in [2.75, 3.05) is 19.7 Å². The number of nitrogens with zero attached hydrogens (tertiary/aromatic N) is 3. The van der Waals surface area contributed by atoms with Gasteiger partial charge >= 0.3 is 60.4 Å². The van der Waals surface area contributed by atoms with Crippen molar-refractivity contribution in [3.8, 4) is 0 Å². The largest absolute Gasteiger partial charge is 0.463 e. The van der Waals surface area contributed by atoms with Gasteiger partial charge in [0.25, 0.3) is 0 Å². The third-order valence-electron chi connectivity index (χ3n) is 13.7. The third kappa shape index (κ3) is 26.4. The van der Waals surface area contributed by atoms with Gasteiger partial charge in [0, 0.05) is 39.2 Å². The van der Waals surface area contributed by atoms with E-state index in [1.54, 1.807) is 125 Å². The number of nitrogens with one attached hydrogen (secondary N) is 6. The second kappa shape index (κ2) is 32.5. The summed E-state index contributed by atoms with van der Waals surface area (Å²) in [4.78, 5) is 139. The van der Waals surface area contributed by atoms with E-state index in [4.69, 9.17) is 80.5 Å². The predicted octanol–water partition coefficient (Wildman–Crippen LogP) is 5.15. The van der Waals surface area contributed by atoms with E-state index < -0.39 is 230 Å². The van der Waals surface area contributed by atoms with Gasteiger partial charge in [-0.25, -0.2) is 28.8 Å². The van der Waals surface area contributed by atoms with E-state index >= 15 is 0 Å². The number of epoxide rings is 1. The molecular formula is C61H99N9O27. The number of alkyl carbamates (subject to hydrolysis) is 6. The standard InChI is InChI=1S/C61H99N9O27/c1-27(71)81-26-35-42(90-48-38(68-55(80)97-61(20,21)22)45-41(88-45)34(86-48)25-64-51(76)93-57(8,9)10)46(84-30(4)74)49(87-35)91-43-36(66-53(78)95-59(14,15)16)31(69-70-62)23-32(65-52(77)94-58(11,12)13)39(43)89-47-37(67-54(79)96-60(17,18)19)44(83-29(3)73)40(82-28(2)72)33(85-47)24-63-50(75)92-56(5,6)7/h31-49H,23-26H2,1-22H3,(H,63,75)(H,64,76)(H,65,77)(H,66,78)(H,67,79)(H,68,80)/t31-,32-,33+,34-,35+,36+,37+,38+,39+,40+,41-,42+,43+,44+,45+,46+,47+,48+,49-/m0/s1. The number of amides is 6. The van der Waals surface area contributed by atoms with E-state index in [2.05, 4.69) is 41.9 Å². The Hall–Kier alpha value is -7.47. The molecule has 1 aliphatic carbocycles. The second-order valence-corrected chi connectivity index (χ2v) is 29.6. The average molecular weight is 1390 g/mol. The Bertz CT molecular complexity index is 2850. The molecule has 0 aromatic rings. The summed E-state index contributed by atoms with van der Waals surface area (Å²) in [6.07, 6.45) is -29.2. The van der Waals surface area contributed by atoms with E-state index in [0.717, 1.165) is 27.7 Å². The number of carbonyl (C=O) groups is 10. The molecule has 4 aliphatic heterocycles. The summed E-state index contributed by atoms with van der Waals surface area (Å²) in [6.45, 7) is 31.2. The van der Waals surface area contributed by atoms with Crippen LogP contribution in [0.15, 0.2) is 5.11 Å². The smallest absolute Gasteiger partial charge is 0.408 e. The van der Waals surface area contributed by atoms with Gasteiger partial charge in [-0.3, -0.25) is 19.2 Å². The molecule has 4 saturated heterocycles. The number of carbonyl (C=O) groups excluding carboxylic acids is 10. The van der Waals surface area contributed by atoms with Gasteiger partial charge in [-0.05, 0) is 137 Å². The van der Waals surface area contributed by atoms with E-state index in [-0.39, 0.29) is 6.54 Å². The number of esters is 4. The van der Waals surface area contributed by atoms with Gasteiger partial charge in [-0.1, -0.05) is 5.11 Å². The van der Waals surface area contributed by atoms with Gasteiger partial charge in [0.15, 0.2) is 37.2 Å². The highest BCUT2D eigenvalue weighted by Gasteiger charge is 2.63. The quantitative estimate of drug-likeness (QED) is 0.0229. The van der Waals surface area contributed by atoms with Gasteiger partial charge < -0.3 is 112 Å². The van der Waals surface area contributed by atoms with E-state index in [1.807, 2.05) is 0 Å². The molecule has 36 nitrogen and oxygen atoms in total. The van der Waals surface area contributed by atoms with Crippen molar-refractivity contribution in [1.29, 1.82) is 0 Å². The predicted molar refractivity (Wildman–Crippen MR) is 331 cm³/mol.